The maximum atomic E-state index is 11.5. The highest BCUT2D eigenvalue weighted by Gasteiger charge is 2.27. The van der Waals surface area contributed by atoms with E-state index < -0.39 is 18.0 Å². The lowest BCUT2D eigenvalue weighted by Crippen LogP contribution is -2.47. The van der Waals surface area contributed by atoms with E-state index in [1.54, 1.807) is 0 Å². The third-order valence-corrected chi connectivity index (χ3v) is 3.45. The highest BCUT2D eigenvalue weighted by Crippen LogP contribution is 2.34. The third kappa shape index (κ3) is 4.63. The van der Waals surface area contributed by atoms with Gasteiger partial charge >= 0.3 is 12.0 Å². The molecule has 17 heavy (non-hydrogen) atoms. The first-order chi connectivity index (χ1) is 7.93. The lowest BCUT2D eigenvalue weighted by Gasteiger charge is -2.33. The van der Waals surface area contributed by atoms with Crippen LogP contribution < -0.4 is 10.6 Å². The number of carboxylic acids is 1. The van der Waals surface area contributed by atoms with Crippen molar-refractivity contribution >= 4 is 12.0 Å². The zero-order valence-corrected chi connectivity index (χ0v) is 10.6. The largest absolute Gasteiger partial charge is 0.480 e. The lowest BCUT2D eigenvalue weighted by molar-refractivity contribution is -0.138. The van der Waals surface area contributed by atoms with Gasteiger partial charge in [-0.1, -0.05) is 26.2 Å². The quantitative estimate of drug-likeness (QED) is 0.702. The molecule has 1 fully saturated rings. The SMILES string of the molecule is C[C@H](NC(=O)NCC1(C)CCCCC1)C(=O)O. The van der Waals surface area contributed by atoms with Gasteiger partial charge in [-0.15, -0.1) is 0 Å². The number of hydrogen-bond acceptors (Lipinski definition) is 2. The fraction of sp³-hybridized carbons (Fsp3) is 0.833. The van der Waals surface area contributed by atoms with Gasteiger partial charge in [0.05, 0.1) is 0 Å². The molecular weight excluding hydrogens is 220 g/mol. The number of hydrogen-bond donors (Lipinski definition) is 3. The van der Waals surface area contributed by atoms with Crippen molar-refractivity contribution < 1.29 is 14.7 Å². The van der Waals surface area contributed by atoms with E-state index in [-0.39, 0.29) is 5.41 Å². The van der Waals surface area contributed by atoms with Gasteiger partial charge in [-0.05, 0) is 25.2 Å². The fourth-order valence-electron chi connectivity index (χ4n) is 2.19. The average Bonchev–Trinajstić information content (AvgIpc) is 2.27. The second-order valence-corrected chi connectivity index (χ2v) is 5.26. The molecule has 2 amide bonds. The molecule has 1 aliphatic rings. The number of carbonyl (C=O) groups is 2. The summed E-state index contributed by atoms with van der Waals surface area (Å²) >= 11 is 0. The van der Waals surface area contributed by atoms with Crippen LogP contribution in [0.25, 0.3) is 0 Å². The van der Waals surface area contributed by atoms with Gasteiger partial charge < -0.3 is 15.7 Å². The molecular formula is C12H22N2O3. The third-order valence-electron chi connectivity index (χ3n) is 3.45. The van der Waals surface area contributed by atoms with Crippen LogP contribution in [0.3, 0.4) is 0 Å². The van der Waals surface area contributed by atoms with Crippen LogP contribution in [0.2, 0.25) is 0 Å². The van der Waals surface area contributed by atoms with Gasteiger partial charge in [0.2, 0.25) is 0 Å². The molecule has 1 atom stereocenters. The van der Waals surface area contributed by atoms with Crippen molar-refractivity contribution in [2.75, 3.05) is 6.54 Å². The number of urea groups is 1. The van der Waals surface area contributed by atoms with Crippen LogP contribution in [-0.2, 0) is 4.79 Å². The molecule has 0 bridgehead atoms. The molecule has 0 unspecified atom stereocenters. The number of rotatable bonds is 4. The topological polar surface area (TPSA) is 78.4 Å². The van der Waals surface area contributed by atoms with Crippen molar-refractivity contribution in [2.24, 2.45) is 5.41 Å². The molecule has 0 saturated heterocycles. The van der Waals surface area contributed by atoms with Crippen molar-refractivity contribution in [1.29, 1.82) is 0 Å². The van der Waals surface area contributed by atoms with E-state index in [0.29, 0.717) is 6.54 Å². The number of carboxylic acid groups (broad SMARTS) is 1. The summed E-state index contributed by atoms with van der Waals surface area (Å²) in [5.41, 5.74) is 0.169. The molecule has 5 nitrogen and oxygen atoms in total. The Morgan fingerprint density at radius 3 is 2.41 bits per heavy atom. The molecule has 98 valence electrons. The minimum absolute atomic E-state index is 0.169. The zero-order chi connectivity index (χ0) is 12.9. The summed E-state index contributed by atoms with van der Waals surface area (Å²) in [5.74, 6) is -1.02. The van der Waals surface area contributed by atoms with Crippen molar-refractivity contribution in [2.45, 2.75) is 52.0 Å². The predicted octanol–water partition coefficient (Wildman–Crippen LogP) is 1.73. The second kappa shape index (κ2) is 5.89. The van der Waals surface area contributed by atoms with Crippen molar-refractivity contribution in [3.8, 4) is 0 Å². The van der Waals surface area contributed by atoms with Crippen LogP contribution in [-0.4, -0.2) is 29.7 Å². The Balaban J connectivity index is 2.29. The Bertz CT molecular complexity index is 285. The number of nitrogens with one attached hydrogen (secondary N) is 2. The molecule has 1 rings (SSSR count). The van der Waals surface area contributed by atoms with Gasteiger partial charge in [-0.3, -0.25) is 4.79 Å². The summed E-state index contributed by atoms with van der Waals surface area (Å²) in [5, 5.41) is 13.8. The predicted molar refractivity (Wildman–Crippen MR) is 64.8 cm³/mol. The van der Waals surface area contributed by atoms with E-state index in [9.17, 15) is 9.59 Å². The maximum absolute atomic E-state index is 11.5. The molecule has 0 aromatic rings. The Labute approximate surface area is 102 Å². The van der Waals surface area contributed by atoms with E-state index in [1.807, 2.05) is 0 Å². The summed E-state index contributed by atoms with van der Waals surface area (Å²) in [4.78, 5) is 22.0. The molecule has 0 aliphatic heterocycles. The fourth-order valence-corrected chi connectivity index (χ4v) is 2.19. The van der Waals surface area contributed by atoms with Gasteiger partial charge in [-0.2, -0.15) is 0 Å². The minimum atomic E-state index is -1.02. The molecule has 1 saturated carbocycles. The second-order valence-electron chi connectivity index (χ2n) is 5.26. The smallest absolute Gasteiger partial charge is 0.325 e. The van der Waals surface area contributed by atoms with E-state index >= 15 is 0 Å². The number of carbonyl (C=O) groups excluding carboxylic acids is 1. The Hall–Kier alpha value is -1.26. The summed E-state index contributed by atoms with van der Waals surface area (Å²) < 4.78 is 0. The Kier molecular flexibility index (Phi) is 4.78. The average molecular weight is 242 g/mol. The normalized spacial score (nSPS) is 20.4. The highest BCUT2D eigenvalue weighted by molar-refractivity contribution is 5.82. The minimum Gasteiger partial charge on any atom is -0.480 e. The van der Waals surface area contributed by atoms with E-state index in [0.717, 1.165) is 12.8 Å². The molecule has 5 heteroatoms. The van der Waals surface area contributed by atoms with Crippen molar-refractivity contribution in [1.82, 2.24) is 10.6 Å². The molecule has 0 heterocycles. The number of aliphatic carboxylic acids is 1. The maximum Gasteiger partial charge on any atom is 0.325 e. The van der Waals surface area contributed by atoms with E-state index in [1.165, 1.54) is 26.2 Å². The van der Waals surface area contributed by atoms with Crippen molar-refractivity contribution in [3.05, 3.63) is 0 Å². The van der Waals surface area contributed by atoms with E-state index in [4.69, 9.17) is 5.11 Å². The van der Waals surface area contributed by atoms with Gasteiger partial charge in [0.25, 0.3) is 0 Å². The van der Waals surface area contributed by atoms with Crippen molar-refractivity contribution in [3.63, 3.8) is 0 Å². The summed E-state index contributed by atoms with van der Waals surface area (Å²) in [6.07, 6.45) is 5.96. The molecule has 0 spiro atoms. The molecule has 0 radical (unpaired) electrons. The lowest BCUT2D eigenvalue weighted by atomic mass is 9.76. The molecule has 0 aromatic heterocycles. The van der Waals surface area contributed by atoms with Gasteiger partial charge in [0.1, 0.15) is 6.04 Å². The van der Waals surface area contributed by atoms with Crippen LogP contribution >= 0.6 is 0 Å². The van der Waals surface area contributed by atoms with Crippen LogP contribution in [0.1, 0.15) is 46.0 Å². The van der Waals surface area contributed by atoms with Crippen LogP contribution in [0.15, 0.2) is 0 Å². The molecule has 0 aromatic carbocycles. The van der Waals surface area contributed by atoms with E-state index in [2.05, 4.69) is 17.6 Å². The molecule has 1 aliphatic carbocycles. The summed E-state index contributed by atoms with van der Waals surface area (Å²) in [7, 11) is 0. The summed E-state index contributed by atoms with van der Waals surface area (Å²) in [6, 6.07) is -1.25. The first-order valence-corrected chi connectivity index (χ1v) is 6.20. The van der Waals surface area contributed by atoms with Gasteiger partial charge in [0, 0.05) is 6.54 Å². The van der Waals surface area contributed by atoms with Crippen LogP contribution in [0.5, 0.6) is 0 Å². The monoisotopic (exact) mass is 242 g/mol. The standard InChI is InChI=1S/C12H22N2O3/c1-9(10(15)16)14-11(17)13-8-12(2)6-4-3-5-7-12/h9H,3-8H2,1-2H3,(H,15,16)(H2,13,14,17)/t9-/m0/s1. The van der Waals surface area contributed by atoms with Gasteiger partial charge in [0.15, 0.2) is 0 Å². The summed E-state index contributed by atoms with van der Waals surface area (Å²) in [6.45, 7) is 4.24. The zero-order valence-electron chi connectivity index (χ0n) is 10.6. The first kappa shape index (κ1) is 13.8. The molecule has 3 N–H and O–H groups in total. The number of amides is 2. The highest BCUT2D eigenvalue weighted by atomic mass is 16.4. The van der Waals surface area contributed by atoms with Crippen LogP contribution in [0.4, 0.5) is 4.79 Å². The Morgan fingerprint density at radius 2 is 1.88 bits per heavy atom. The first-order valence-electron chi connectivity index (χ1n) is 6.20. The van der Waals surface area contributed by atoms with Crippen LogP contribution in [0, 0.1) is 5.41 Å². The van der Waals surface area contributed by atoms with Gasteiger partial charge in [-0.25, -0.2) is 4.79 Å². The Morgan fingerprint density at radius 1 is 1.29 bits per heavy atom.